The maximum Gasteiger partial charge on any atom is 0.251 e. The molecule has 3 aromatic rings. The SMILES string of the molecule is CCC1(F)CN(C2(C)COC2)CC[C@H]1Nc1nc(OC)c2c(-c3cc(F)c4c(c3)C3C(C(C)=N4)N3CC(F)F)ccn2n1. The summed E-state index contributed by atoms with van der Waals surface area (Å²) >= 11 is 0. The zero-order valence-electron chi connectivity index (χ0n) is 24.6. The summed E-state index contributed by atoms with van der Waals surface area (Å²) < 4.78 is 70.8. The number of likely N-dealkylation sites (tertiary alicyclic amines) is 1. The Bertz CT molecular complexity index is 1610. The molecule has 6 heterocycles. The van der Waals surface area contributed by atoms with Crippen molar-refractivity contribution in [3.8, 4) is 17.0 Å². The first-order chi connectivity index (χ1) is 20.5. The van der Waals surface area contributed by atoms with Gasteiger partial charge in [0.15, 0.2) is 0 Å². The summed E-state index contributed by atoms with van der Waals surface area (Å²) in [7, 11) is 1.48. The van der Waals surface area contributed by atoms with Gasteiger partial charge < -0.3 is 14.8 Å². The second kappa shape index (κ2) is 10.1. The minimum atomic E-state index is -2.50. The lowest BCUT2D eigenvalue weighted by Gasteiger charge is -2.53. The number of nitrogens with zero attached hydrogens (tertiary/aromatic N) is 6. The standard InChI is InChI=1S/C30H35F4N7O2/c1-5-30(34)13-39(29(3)14-43-15-29)8-7-21(30)36-28-37-27(42-4)26-18(6-9-41(26)38-28)17-10-19-23(20(31)11-17)35-16(2)24-25(19)40(24)12-22(32)33/h6,9-11,21-22,24-25H,5,7-8,12-15H2,1-4H3,(H,36,38)/t21-,24?,25?,30?,40?/m1/s1. The minimum Gasteiger partial charge on any atom is -0.479 e. The van der Waals surface area contributed by atoms with Crippen LogP contribution in [0.25, 0.3) is 16.6 Å². The number of hydrogen-bond acceptors (Lipinski definition) is 8. The van der Waals surface area contributed by atoms with Crippen LogP contribution in [0.4, 0.5) is 29.2 Å². The Kier molecular flexibility index (Phi) is 6.71. The maximum absolute atomic E-state index is 16.3. The molecule has 4 unspecified atom stereocenters. The first kappa shape index (κ1) is 28.5. The van der Waals surface area contributed by atoms with Crippen molar-refractivity contribution >= 4 is 22.9 Å². The Morgan fingerprint density at radius 1 is 1.23 bits per heavy atom. The molecule has 0 saturated carbocycles. The molecule has 9 nitrogen and oxygen atoms in total. The average molecular weight is 602 g/mol. The van der Waals surface area contributed by atoms with Gasteiger partial charge >= 0.3 is 0 Å². The highest BCUT2D eigenvalue weighted by Gasteiger charge is 2.54. The van der Waals surface area contributed by atoms with Gasteiger partial charge in [-0.3, -0.25) is 14.8 Å². The molecule has 3 fully saturated rings. The van der Waals surface area contributed by atoms with Crippen molar-refractivity contribution in [3.05, 3.63) is 35.8 Å². The summed E-state index contributed by atoms with van der Waals surface area (Å²) in [5.41, 5.74) is 1.43. The molecule has 0 amide bonds. The monoisotopic (exact) mass is 601 g/mol. The number of fused-ring (bicyclic) bond motifs is 4. The smallest absolute Gasteiger partial charge is 0.251 e. The molecule has 7 rings (SSSR count). The highest BCUT2D eigenvalue weighted by Crippen LogP contribution is 2.53. The highest BCUT2D eigenvalue weighted by molar-refractivity contribution is 5.97. The third-order valence-electron chi connectivity index (χ3n) is 9.63. The summed E-state index contributed by atoms with van der Waals surface area (Å²) in [6, 6.07) is 3.87. The Labute approximate surface area is 246 Å². The number of ether oxygens (including phenoxy) is 2. The van der Waals surface area contributed by atoms with Gasteiger partial charge in [-0.1, -0.05) is 6.92 Å². The van der Waals surface area contributed by atoms with Crippen LogP contribution in [0.3, 0.4) is 0 Å². The molecule has 0 radical (unpaired) electrons. The first-order valence-corrected chi connectivity index (χ1v) is 14.7. The van der Waals surface area contributed by atoms with Gasteiger partial charge in [0, 0.05) is 36.1 Å². The van der Waals surface area contributed by atoms with E-state index >= 15 is 8.78 Å². The zero-order chi connectivity index (χ0) is 30.3. The number of piperidine rings is 1. The van der Waals surface area contributed by atoms with Crippen molar-refractivity contribution < 1.29 is 27.0 Å². The van der Waals surface area contributed by atoms with E-state index in [1.807, 2.05) is 6.92 Å². The fraction of sp³-hybridized carbons (Fsp3) is 0.567. The quantitative estimate of drug-likeness (QED) is 0.287. The van der Waals surface area contributed by atoms with E-state index in [1.165, 1.54) is 13.2 Å². The van der Waals surface area contributed by atoms with E-state index in [2.05, 4.69) is 32.2 Å². The van der Waals surface area contributed by atoms with Crippen LogP contribution in [0.2, 0.25) is 0 Å². The van der Waals surface area contributed by atoms with Gasteiger partial charge in [0.05, 0.1) is 50.5 Å². The first-order valence-electron chi connectivity index (χ1n) is 14.7. The Morgan fingerprint density at radius 3 is 2.70 bits per heavy atom. The van der Waals surface area contributed by atoms with E-state index in [-0.39, 0.29) is 41.7 Å². The number of aliphatic imine (C=N–C) groups is 1. The number of benzene rings is 1. The van der Waals surface area contributed by atoms with E-state index in [1.54, 1.807) is 34.7 Å². The molecule has 1 aromatic carbocycles. The number of methoxy groups -OCH3 is 1. The second-order valence-corrected chi connectivity index (χ2v) is 12.4. The van der Waals surface area contributed by atoms with Gasteiger partial charge in [0.2, 0.25) is 11.8 Å². The molecule has 0 spiro atoms. The van der Waals surface area contributed by atoms with Crippen LogP contribution in [0.1, 0.15) is 45.2 Å². The Hall–Kier alpha value is -3.29. The van der Waals surface area contributed by atoms with Crippen LogP contribution in [-0.4, -0.2) is 99.8 Å². The molecule has 3 saturated heterocycles. The van der Waals surface area contributed by atoms with E-state index in [9.17, 15) is 8.78 Å². The summed E-state index contributed by atoms with van der Waals surface area (Å²) in [5, 5.41) is 7.85. The molecule has 2 aromatic heterocycles. The van der Waals surface area contributed by atoms with Gasteiger partial charge in [-0.2, -0.15) is 4.98 Å². The number of nitrogens with one attached hydrogen (secondary N) is 1. The zero-order valence-corrected chi connectivity index (χ0v) is 24.6. The van der Waals surface area contributed by atoms with Gasteiger partial charge in [0.25, 0.3) is 6.43 Å². The third-order valence-corrected chi connectivity index (χ3v) is 9.63. The molecular formula is C30H35F4N7O2. The number of alkyl halides is 3. The number of aromatic nitrogens is 3. The van der Waals surface area contributed by atoms with Gasteiger partial charge in [-0.25, -0.2) is 22.1 Å². The van der Waals surface area contributed by atoms with Crippen molar-refractivity contribution in [3.63, 3.8) is 0 Å². The van der Waals surface area contributed by atoms with Crippen LogP contribution < -0.4 is 10.1 Å². The fourth-order valence-electron chi connectivity index (χ4n) is 7.08. The van der Waals surface area contributed by atoms with E-state index in [0.29, 0.717) is 54.0 Å². The number of rotatable bonds is 8. The molecule has 0 aliphatic carbocycles. The lowest BCUT2D eigenvalue weighted by Crippen LogP contribution is -2.67. The van der Waals surface area contributed by atoms with E-state index in [4.69, 9.17) is 9.47 Å². The molecule has 4 aliphatic heterocycles. The average Bonchev–Trinajstić information content (AvgIpc) is 3.51. The number of anilines is 1. The number of hydrogen-bond donors (Lipinski definition) is 1. The van der Waals surface area contributed by atoms with Gasteiger partial charge in [-0.15, -0.1) is 5.10 Å². The summed E-state index contributed by atoms with van der Waals surface area (Å²) in [4.78, 5) is 12.8. The van der Waals surface area contributed by atoms with Gasteiger partial charge in [-0.05, 0) is 50.5 Å². The Balaban J connectivity index is 1.19. The minimum absolute atomic E-state index is 0.138. The fourth-order valence-corrected chi connectivity index (χ4v) is 7.08. The third kappa shape index (κ3) is 4.58. The van der Waals surface area contributed by atoms with Crippen molar-refractivity contribution in [1.29, 1.82) is 0 Å². The van der Waals surface area contributed by atoms with Crippen LogP contribution in [0.5, 0.6) is 5.88 Å². The van der Waals surface area contributed by atoms with Gasteiger partial charge in [0.1, 0.15) is 22.7 Å². The van der Waals surface area contributed by atoms with Crippen LogP contribution in [0, 0.1) is 5.82 Å². The summed E-state index contributed by atoms with van der Waals surface area (Å²) in [6.07, 6.45) is 0.116. The van der Waals surface area contributed by atoms with Crippen LogP contribution >= 0.6 is 0 Å². The number of halogens is 4. The van der Waals surface area contributed by atoms with Crippen molar-refractivity contribution in [2.75, 3.05) is 45.3 Å². The van der Waals surface area contributed by atoms with Crippen molar-refractivity contribution in [2.45, 2.75) is 69.4 Å². The topological polar surface area (TPSA) is 79.3 Å². The molecule has 4 aliphatic rings. The second-order valence-electron chi connectivity index (χ2n) is 12.4. The predicted molar refractivity (Wildman–Crippen MR) is 154 cm³/mol. The van der Waals surface area contributed by atoms with Crippen LogP contribution in [-0.2, 0) is 4.74 Å². The van der Waals surface area contributed by atoms with Crippen molar-refractivity contribution in [1.82, 2.24) is 24.4 Å². The molecule has 13 heteroatoms. The molecular weight excluding hydrogens is 566 g/mol. The lowest BCUT2D eigenvalue weighted by molar-refractivity contribution is -0.153. The highest BCUT2D eigenvalue weighted by atomic mass is 19.3. The molecule has 0 bridgehead atoms. The normalized spacial score (nSPS) is 29.6. The molecule has 5 atom stereocenters. The molecule has 230 valence electrons. The summed E-state index contributed by atoms with van der Waals surface area (Å²) in [6.45, 7) is 7.53. The van der Waals surface area contributed by atoms with E-state index in [0.717, 1.165) is 6.54 Å². The van der Waals surface area contributed by atoms with Crippen molar-refractivity contribution in [2.24, 2.45) is 4.99 Å². The molecule has 1 N–H and O–H groups in total. The maximum atomic E-state index is 16.3. The van der Waals surface area contributed by atoms with E-state index < -0.39 is 30.5 Å². The molecule has 43 heavy (non-hydrogen) atoms. The Morgan fingerprint density at radius 2 is 2.02 bits per heavy atom. The summed E-state index contributed by atoms with van der Waals surface area (Å²) in [5.74, 6) is -0.0617. The lowest BCUT2D eigenvalue weighted by atomic mass is 9.83. The largest absolute Gasteiger partial charge is 0.479 e. The predicted octanol–water partition coefficient (Wildman–Crippen LogP) is 5.03. The van der Waals surface area contributed by atoms with Crippen LogP contribution in [0.15, 0.2) is 29.4 Å².